The van der Waals surface area contributed by atoms with Crippen LogP contribution < -0.4 is 9.64 Å². The van der Waals surface area contributed by atoms with Crippen molar-refractivity contribution >= 4 is 11.6 Å². The fraction of sp³-hybridized carbons (Fsp3) is 0.316. The largest absolute Gasteiger partial charge is 0.497 e. The molecule has 1 atom stereocenters. The van der Waals surface area contributed by atoms with Crippen molar-refractivity contribution < 1.29 is 9.53 Å². The highest BCUT2D eigenvalue weighted by atomic mass is 16.5. The number of nitrogens with zero attached hydrogens (tertiary/aromatic N) is 2. The van der Waals surface area contributed by atoms with E-state index in [2.05, 4.69) is 24.1 Å². The van der Waals surface area contributed by atoms with Gasteiger partial charge < -0.3 is 9.64 Å². The monoisotopic (exact) mass is 310 g/mol. The zero-order valence-electron chi connectivity index (χ0n) is 13.6. The third-order valence-corrected chi connectivity index (χ3v) is 4.39. The summed E-state index contributed by atoms with van der Waals surface area (Å²) in [5, 5.41) is 0. The van der Waals surface area contributed by atoms with Gasteiger partial charge in [-0.15, -0.1) is 0 Å². The van der Waals surface area contributed by atoms with Crippen LogP contribution in [0.3, 0.4) is 0 Å². The van der Waals surface area contributed by atoms with Crippen molar-refractivity contribution in [1.29, 1.82) is 0 Å². The normalized spacial score (nSPS) is 17.8. The Morgan fingerprint density at radius 2 is 1.83 bits per heavy atom. The van der Waals surface area contributed by atoms with Crippen LogP contribution in [0.25, 0.3) is 0 Å². The van der Waals surface area contributed by atoms with Crippen LogP contribution in [0.1, 0.15) is 12.0 Å². The maximum absolute atomic E-state index is 12.3. The maximum atomic E-state index is 12.3. The number of likely N-dealkylation sites (N-methyl/N-ethyl adjacent to an activating group) is 1. The van der Waals surface area contributed by atoms with Crippen LogP contribution in [-0.4, -0.2) is 37.6 Å². The van der Waals surface area contributed by atoms with Crippen molar-refractivity contribution in [2.45, 2.75) is 19.0 Å². The number of hydrogen-bond acceptors (Lipinski definition) is 3. The second-order valence-electron chi connectivity index (χ2n) is 5.96. The third-order valence-electron chi connectivity index (χ3n) is 4.39. The summed E-state index contributed by atoms with van der Waals surface area (Å²) in [5.41, 5.74) is 2.21. The topological polar surface area (TPSA) is 32.8 Å². The molecule has 0 N–H and O–H groups in total. The van der Waals surface area contributed by atoms with E-state index < -0.39 is 0 Å². The summed E-state index contributed by atoms with van der Waals surface area (Å²) in [4.78, 5) is 16.4. The fourth-order valence-electron chi connectivity index (χ4n) is 2.99. The van der Waals surface area contributed by atoms with E-state index in [1.165, 1.54) is 5.56 Å². The Morgan fingerprint density at radius 3 is 2.48 bits per heavy atom. The number of anilines is 1. The smallest absolute Gasteiger partial charge is 0.228 e. The molecule has 1 fully saturated rings. The Labute approximate surface area is 137 Å². The molecule has 0 spiro atoms. The van der Waals surface area contributed by atoms with Gasteiger partial charge >= 0.3 is 0 Å². The molecule has 1 amide bonds. The lowest BCUT2D eigenvalue weighted by Gasteiger charge is -2.24. The molecule has 23 heavy (non-hydrogen) atoms. The Morgan fingerprint density at radius 1 is 1.13 bits per heavy atom. The second kappa shape index (κ2) is 6.84. The average Bonchev–Trinajstić information content (AvgIpc) is 2.98. The van der Waals surface area contributed by atoms with Gasteiger partial charge in [0, 0.05) is 31.2 Å². The number of amides is 1. The van der Waals surface area contributed by atoms with Crippen molar-refractivity contribution in [3.8, 4) is 5.75 Å². The minimum absolute atomic E-state index is 0.197. The minimum Gasteiger partial charge on any atom is -0.497 e. The molecule has 0 radical (unpaired) electrons. The number of rotatable bonds is 5. The van der Waals surface area contributed by atoms with Gasteiger partial charge in [-0.2, -0.15) is 0 Å². The maximum Gasteiger partial charge on any atom is 0.228 e. The number of carbonyl (C=O) groups is 1. The number of carbonyl (C=O) groups excluding carboxylic acids is 1. The summed E-state index contributed by atoms with van der Waals surface area (Å²) in [6.45, 7) is 1.57. The van der Waals surface area contributed by atoms with Crippen molar-refractivity contribution in [2.75, 3.05) is 25.6 Å². The van der Waals surface area contributed by atoms with Gasteiger partial charge in [0.25, 0.3) is 0 Å². The molecule has 4 heteroatoms. The van der Waals surface area contributed by atoms with E-state index in [0.717, 1.165) is 24.5 Å². The van der Waals surface area contributed by atoms with Crippen LogP contribution in [0, 0.1) is 0 Å². The van der Waals surface area contributed by atoms with Crippen LogP contribution in [0.2, 0.25) is 0 Å². The molecule has 0 saturated carbocycles. The second-order valence-corrected chi connectivity index (χ2v) is 5.96. The first-order valence-corrected chi connectivity index (χ1v) is 7.86. The average molecular weight is 310 g/mol. The van der Waals surface area contributed by atoms with Crippen molar-refractivity contribution in [3.63, 3.8) is 0 Å². The lowest BCUT2D eigenvalue weighted by Crippen LogP contribution is -2.34. The summed E-state index contributed by atoms with van der Waals surface area (Å²) in [6, 6.07) is 18.2. The number of hydrogen-bond donors (Lipinski definition) is 0. The molecule has 1 unspecified atom stereocenters. The summed E-state index contributed by atoms with van der Waals surface area (Å²) in [7, 11) is 3.75. The molecule has 1 heterocycles. The van der Waals surface area contributed by atoms with E-state index in [4.69, 9.17) is 4.74 Å². The summed E-state index contributed by atoms with van der Waals surface area (Å²) >= 11 is 0. The molecule has 3 rings (SSSR count). The highest BCUT2D eigenvalue weighted by Crippen LogP contribution is 2.24. The first-order valence-electron chi connectivity index (χ1n) is 7.86. The van der Waals surface area contributed by atoms with Crippen LogP contribution in [0.15, 0.2) is 54.6 Å². The van der Waals surface area contributed by atoms with Crippen LogP contribution >= 0.6 is 0 Å². The van der Waals surface area contributed by atoms with Gasteiger partial charge in [0.1, 0.15) is 5.75 Å². The molecule has 1 saturated heterocycles. The molecule has 0 aliphatic carbocycles. The molecule has 0 aromatic heterocycles. The third kappa shape index (κ3) is 3.54. The highest BCUT2D eigenvalue weighted by Gasteiger charge is 2.32. The predicted molar refractivity (Wildman–Crippen MR) is 91.7 cm³/mol. The van der Waals surface area contributed by atoms with Gasteiger partial charge in [-0.25, -0.2) is 0 Å². The number of benzene rings is 2. The molecule has 2 aromatic rings. The molecule has 120 valence electrons. The van der Waals surface area contributed by atoms with E-state index in [1.54, 1.807) is 7.11 Å². The Bertz CT molecular complexity index is 655. The van der Waals surface area contributed by atoms with E-state index in [1.807, 2.05) is 47.4 Å². The zero-order chi connectivity index (χ0) is 16.2. The van der Waals surface area contributed by atoms with Gasteiger partial charge in [0.2, 0.25) is 5.91 Å². The number of methoxy groups -OCH3 is 1. The van der Waals surface area contributed by atoms with Crippen LogP contribution in [0.4, 0.5) is 5.69 Å². The summed E-state index contributed by atoms with van der Waals surface area (Å²) in [6.07, 6.45) is 0.571. The van der Waals surface area contributed by atoms with Crippen molar-refractivity contribution in [3.05, 3.63) is 60.2 Å². The summed E-state index contributed by atoms with van der Waals surface area (Å²) in [5.74, 6) is 1.06. The highest BCUT2D eigenvalue weighted by molar-refractivity contribution is 5.96. The SMILES string of the molecule is COc1ccc(CN(C)C2CC(=O)N(c3ccccc3)C2)cc1. The van der Waals surface area contributed by atoms with Crippen molar-refractivity contribution in [2.24, 2.45) is 0 Å². The van der Waals surface area contributed by atoms with Crippen LogP contribution in [-0.2, 0) is 11.3 Å². The molecule has 2 aromatic carbocycles. The van der Waals surface area contributed by atoms with Gasteiger partial charge in [-0.3, -0.25) is 9.69 Å². The number of ether oxygens (including phenoxy) is 1. The first kappa shape index (κ1) is 15.6. The molecular formula is C19H22N2O2. The van der Waals surface area contributed by atoms with Gasteiger partial charge in [-0.1, -0.05) is 30.3 Å². The van der Waals surface area contributed by atoms with E-state index in [9.17, 15) is 4.79 Å². The van der Waals surface area contributed by atoms with Gasteiger partial charge in [0.15, 0.2) is 0 Å². The lowest BCUT2D eigenvalue weighted by molar-refractivity contribution is -0.117. The molecule has 1 aliphatic rings. The zero-order valence-corrected chi connectivity index (χ0v) is 13.6. The Hall–Kier alpha value is -2.33. The van der Waals surface area contributed by atoms with Crippen molar-refractivity contribution in [1.82, 2.24) is 4.90 Å². The quantitative estimate of drug-likeness (QED) is 0.851. The Balaban J connectivity index is 1.64. The minimum atomic E-state index is 0.197. The van der Waals surface area contributed by atoms with Crippen LogP contribution in [0.5, 0.6) is 5.75 Å². The van der Waals surface area contributed by atoms with Gasteiger partial charge in [-0.05, 0) is 36.9 Å². The van der Waals surface area contributed by atoms with Gasteiger partial charge in [0.05, 0.1) is 7.11 Å². The molecule has 1 aliphatic heterocycles. The molecule has 4 nitrogen and oxygen atoms in total. The van der Waals surface area contributed by atoms with E-state index in [0.29, 0.717) is 6.42 Å². The number of para-hydroxylation sites is 1. The Kier molecular flexibility index (Phi) is 4.63. The summed E-state index contributed by atoms with van der Waals surface area (Å²) < 4.78 is 5.19. The standard InChI is InChI=1S/C19H22N2O2/c1-20(13-15-8-10-18(23-2)11-9-15)17-12-19(22)21(14-17)16-6-4-3-5-7-16/h3-11,17H,12-14H2,1-2H3. The lowest BCUT2D eigenvalue weighted by atomic mass is 10.1. The fourth-order valence-corrected chi connectivity index (χ4v) is 2.99. The van der Waals surface area contributed by atoms with E-state index >= 15 is 0 Å². The molecule has 0 bridgehead atoms. The first-order chi connectivity index (χ1) is 11.2. The molecular weight excluding hydrogens is 288 g/mol. The predicted octanol–water partition coefficient (Wildman–Crippen LogP) is 2.93. The van der Waals surface area contributed by atoms with E-state index in [-0.39, 0.29) is 11.9 Å².